The van der Waals surface area contributed by atoms with Gasteiger partial charge in [-0.05, 0) is 215 Å². The number of methoxy groups -OCH3 is 2. The summed E-state index contributed by atoms with van der Waals surface area (Å²) in [6.07, 6.45) is 50.9. The Balaban J connectivity index is 0.826. The fourth-order valence-electron chi connectivity index (χ4n) is 13.4. The first kappa shape index (κ1) is 41.5. The van der Waals surface area contributed by atoms with Crippen molar-refractivity contribution < 1.29 is 9.47 Å². The van der Waals surface area contributed by atoms with E-state index in [4.69, 9.17) is 9.47 Å². The van der Waals surface area contributed by atoms with E-state index in [1.807, 2.05) is 14.2 Å². The first-order valence-electron chi connectivity index (χ1n) is 24.4. The van der Waals surface area contributed by atoms with E-state index in [9.17, 15) is 0 Å². The van der Waals surface area contributed by atoms with Crippen molar-refractivity contribution >= 4 is 0 Å². The van der Waals surface area contributed by atoms with E-state index in [2.05, 4.69) is 48.0 Å². The molecular weight excluding hydrogens is 661 g/mol. The molecule has 308 valence electrons. The molecule has 0 atom stereocenters. The van der Waals surface area contributed by atoms with Crippen molar-refractivity contribution in [2.75, 3.05) is 14.2 Å². The molecule has 0 heterocycles. The molecule has 4 nitrogen and oxygen atoms in total. The second kappa shape index (κ2) is 20.8. The Morgan fingerprint density at radius 2 is 0.500 bits per heavy atom. The van der Waals surface area contributed by atoms with Crippen LogP contribution in [0.3, 0.4) is 0 Å². The number of hydrogen-bond donors (Lipinski definition) is 0. The zero-order chi connectivity index (χ0) is 37.3. The van der Waals surface area contributed by atoms with Gasteiger partial charge in [-0.3, -0.25) is 9.80 Å². The quantitative estimate of drug-likeness (QED) is 0.186. The van der Waals surface area contributed by atoms with E-state index in [1.54, 1.807) is 0 Å². The number of hydrogen-bond acceptors (Lipinski definition) is 4. The highest BCUT2D eigenvalue weighted by atomic mass is 16.5. The predicted molar refractivity (Wildman–Crippen MR) is 228 cm³/mol. The van der Waals surface area contributed by atoms with Gasteiger partial charge in [-0.1, -0.05) is 38.2 Å². The molecule has 7 rings (SSSR count). The molecule has 54 heavy (non-hydrogen) atoms. The first-order valence-corrected chi connectivity index (χ1v) is 24.4. The third-order valence-electron chi connectivity index (χ3n) is 17.1. The number of nitrogens with zero attached hydrogens (tertiary/aromatic N) is 2. The third kappa shape index (κ3) is 11.3. The Morgan fingerprint density at radius 1 is 0.296 bits per heavy atom. The predicted octanol–water partition coefficient (Wildman–Crippen LogP) is 12.7. The fraction of sp³-hybridized carbons (Fsp3) is 0.920. The summed E-state index contributed by atoms with van der Waals surface area (Å²) in [4.78, 5) is 6.25. The molecule has 0 unspecified atom stereocenters. The molecule has 0 aromatic heterocycles. The maximum atomic E-state index is 5.77. The smallest absolute Gasteiger partial charge is 0.0572 e. The molecule has 0 saturated heterocycles. The van der Waals surface area contributed by atoms with Crippen LogP contribution in [0.5, 0.6) is 0 Å². The normalized spacial score (nSPS) is 43.3. The van der Waals surface area contributed by atoms with Crippen LogP contribution >= 0.6 is 0 Å². The zero-order valence-electron chi connectivity index (χ0n) is 35.9. The van der Waals surface area contributed by atoms with Gasteiger partial charge >= 0.3 is 0 Å². The Kier molecular flexibility index (Phi) is 16.0. The molecule has 0 amide bonds. The summed E-state index contributed by atoms with van der Waals surface area (Å²) in [6.45, 7) is 4.97. The number of ether oxygens (including phenoxy) is 2. The number of rotatable bonds is 12. The molecular formula is C50H86N2O2. The van der Waals surface area contributed by atoms with Gasteiger partial charge in [0.1, 0.15) is 0 Å². The molecule has 0 aromatic carbocycles. The van der Waals surface area contributed by atoms with E-state index < -0.39 is 0 Å². The van der Waals surface area contributed by atoms with E-state index in [-0.39, 0.29) is 0 Å². The van der Waals surface area contributed by atoms with Crippen LogP contribution < -0.4 is 0 Å². The average molecular weight is 747 g/mol. The van der Waals surface area contributed by atoms with Gasteiger partial charge in [0.2, 0.25) is 0 Å². The van der Waals surface area contributed by atoms with Crippen LogP contribution in [0.15, 0.2) is 24.3 Å². The second-order valence-electron chi connectivity index (χ2n) is 20.6. The lowest BCUT2D eigenvalue weighted by Gasteiger charge is -2.49. The monoisotopic (exact) mass is 747 g/mol. The molecule has 0 aromatic rings. The fourth-order valence-corrected chi connectivity index (χ4v) is 13.4. The van der Waals surface area contributed by atoms with Crippen LogP contribution in [-0.2, 0) is 9.47 Å². The highest BCUT2D eigenvalue weighted by Crippen LogP contribution is 2.41. The van der Waals surface area contributed by atoms with Crippen LogP contribution in [0.2, 0.25) is 0 Å². The Bertz CT molecular complexity index is 1010. The highest BCUT2D eigenvalue weighted by Gasteiger charge is 2.39. The SMILES string of the molecule is COC1CCC(N(C2CCC(C)CC2)C2CCC(/C=C/C3CCC(/C=C/C4CCC(N(C5CCC(C)CC5)C5CCC(OC)CC5)CC4)CC3)CC2)CC1. The van der Waals surface area contributed by atoms with Gasteiger partial charge in [0.15, 0.2) is 0 Å². The molecule has 7 aliphatic rings. The van der Waals surface area contributed by atoms with Crippen molar-refractivity contribution in [3.63, 3.8) is 0 Å². The van der Waals surface area contributed by atoms with Gasteiger partial charge in [-0.25, -0.2) is 0 Å². The molecule has 7 aliphatic carbocycles. The maximum absolute atomic E-state index is 5.77. The van der Waals surface area contributed by atoms with Gasteiger partial charge < -0.3 is 9.47 Å². The summed E-state index contributed by atoms with van der Waals surface area (Å²) in [5.41, 5.74) is 0. The average Bonchev–Trinajstić information content (AvgIpc) is 3.23. The first-order chi connectivity index (χ1) is 26.4. The summed E-state index contributed by atoms with van der Waals surface area (Å²) < 4.78 is 11.5. The van der Waals surface area contributed by atoms with E-state index in [0.29, 0.717) is 12.2 Å². The lowest BCUT2D eigenvalue weighted by Crippen LogP contribution is -2.53. The molecule has 7 fully saturated rings. The Hall–Kier alpha value is -0.680. The van der Waals surface area contributed by atoms with Gasteiger partial charge in [0.05, 0.1) is 12.2 Å². The van der Waals surface area contributed by atoms with Crippen LogP contribution in [0.4, 0.5) is 0 Å². The van der Waals surface area contributed by atoms with E-state index in [0.717, 1.165) is 71.8 Å². The summed E-state index contributed by atoms with van der Waals surface area (Å²) in [5.74, 6) is 5.17. The van der Waals surface area contributed by atoms with Crippen molar-refractivity contribution in [3.8, 4) is 0 Å². The van der Waals surface area contributed by atoms with Crippen molar-refractivity contribution in [2.24, 2.45) is 35.5 Å². The maximum Gasteiger partial charge on any atom is 0.0572 e. The molecule has 4 heteroatoms. The van der Waals surface area contributed by atoms with Crippen molar-refractivity contribution in [2.45, 2.75) is 242 Å². The largest absolute Gasteiger partial charge is 0.381 e. The van der Waals surface area contributed by atoms with Gasteiger partial charge in [-0.15, -0.1) is 0 Å². The number of allylic oxidation sites excluding steroid dienone is 4. The second-order valence-corrected chi connectivity index (χ2v) is 20.6. The van der Waals surface area contributed by atoms with Crippen molar-refractivity contribution in [1.29, 1.82) is 0 Å². The van der Waals surface area contributed by atoms with E-state index >= 15 is 0 Å². The summed E-state index contributed by atoms with van der Waals surface area (Å²) in [7, 11) is 3.85. The minimum atomic E-state index is 0.509. The molecule has 0 radical (unpaired) electrons. The molecule has 0 aliphatic heterocycles. The summed E-state index contributed by atoms with van der Waals surface area (Å²) >= 11 is 0. The summed E-state index contributed by atoms with van der Waals surface area (Å²) in [5, 5.41) is 0. The molecule has 0 bridgehead atoms. The van der Waals surface area contributed by atoms with E-state index in [1.165, 1.54) is 180 Å². The Labute approximate surface area is 334 Å². The van der Waals surface area contributed by atoms with Crippen LogP contribution in [0.25, 0.3) is 0 Å². The standard InChI is InChI=1S/C50H86N2O2/c1-37-5-21-43(22-6-37)51(47-29-33-49(53-3)34-30-47)45-25-17-41(18-26-45)15-13-39-9-11-40(12-10-39)14-16-42-19-27-46(28-20-42)52(44-23-7-38(2)8-24-44)48-31-35-50(54-4)36-32-48/h13-16,37-50H,5-12,17-36H2,1-4H3/b15-13+,16-14+. The van der Waals surface area contributed by atoms with Crippen LogP contribution in [0.1, 0.15) is 194 Å². The molecule has 0 N–H and O–H groups in total. The Morgan fingerprint density at radius 3 is 0.741 bits per heavy atom. The van der Waals surface area contributed by atoms with Gasteiger partial charge in [0, 0.05) is 50.5 Å². The van der Waals surface area contributed by atoms with Crippen LogP contribution in [0, 0.1) is 35.5 Å². The van der Waals surface area contributed by atoms with Crippen molar-refractivity contribution in [1.82, 2.24) is 9.80 Å². The zero-order valence-corrected chi connectivity index (χ0v) is 35.9. The molecule has 7 saturated carbocycles. The van der Waals surface area contributed by atoms with Crippen LogP contribution in [-0.4, -0.2) is 72.5 Å². The van der Waals surface area contributed by atoms with Gasteiger partial charge in [0.25, 0.3) is 0 Å². The lowest BCUT2D eigenvalue weighted by molar-refractivity contribution is -0.0151. The minimum absolute atomic E-state index is 0.509. The van der Waals surface area contributed by atoms with Gasteiger partial charge in [-0.2, -0.15) is 0 Å². The summed E-state index contributed by atoms with van der Waals surface area (Å²) in [6, 6.07) is 4.97. The lowest BCUT2D eigenvalue weighted by atomic mass is 9.77. The third-order valence-corrected chi connectivity index (χ3v) is 17.1. The highest BCUT2D eigenvalue weighted by molar-refractivity contribution is 5.03. The molecule has 0 spiro atoms. The topological polar surface area (TPSA) is 24.9 Å². The van der Waals surface area contributed by atoms with Crippen molar-refractivity contribution in [3.05, 3.63) is 24.3 Å². The minimum Gasteiger partial charge on any atom is -0.381 e.